The molecule has 0 atom stereocenters. The maximum Gasteiger partial charge on any atom is 0.336 e. The Morgan fingerprint density at radius 3 is 2.81 bits per heavy atom. The fraction of sp³-hybridized carbons (Fsp3) is 0.211. The lowest BCUT2D eigenvalue weighted by molar-refractivity contribution is 0.559. The summed E-state index contributed by atoms with van der Waals surface area (Å²) in [6.45, 7) is 2.01. The van der Waals surface area contributed by atoms with Crippen LogP contribution in [0.25, 0.3) is 22.6 Å². The third kappa shape index (κ3) is 3.40. The SMILES string of the molecule is CCc1cc2oc(=O)cc(CSc3nnc(-c4ccco4)n3C)c2cc1Cl. The van der Waals surface area contributed by atoms with E-state index in [4.69, 9.17) is 20.4 Å². The smallest absolute Gasteiger partial charge is 0.336 e. The van der Waals surface area contributed by atoms with Crippen LogP contribution < -0.4 is 5.63 Å². The van der Waals surface area contributed by atoms with E-state index in [2.05, 4.69) is 10.2 Å². The minimum absolute atomic E-state index is 0.378. The van der Waals surface area contributed by atoms with Crippen molar-refractivity contribution in [3.05, 3.63) is 63.2 Å². The van der Waals surface area contributed by atoms with Gasteiger partial charge in [0.15, 0.2) is 16.7 Å². The van der Waals surface area contributed by atoms with E-state index in [0.717, 1.165) is 28.1 Å². The molecule has 0 aliphatic rings. The van der Waals surface area contributed by atoms with E-state index in [1.165, 1.54) is 17.8 Å². The van der Waals surface area contributed by atoms with Crippen molar-refractivity contribution >= 4 is 34.3 Å². The maximum absolute atomic E-state index is 12.0. The van der Waals surface area contributed by atoms with Crippen LogP contribution in [0.2, 0.25) is 5.02 Å². The van der Waals surface area contributed by atoms with E-state index in [-0.39, 0.29) is 5.63 Å². The van der Waals surface area contributed by atoms with Crippen molar-refractivity contribution < 1.29 is 8.83 Å². The number of nitrogens with zero attached hydrogens (tertiary/aromatic N) is 3. The maximum atomic E-state index is 12.0. The van der Waals surface area contributed by atoms with Crippen molar-refractivity contribution in [3.63, 3.8) is 0 Å². The van der Waals surface area contributed by atoms with Gasteiger partial charge >= 0.3 is 5.63 Å². The Bertz CT molecular complexity index is 1170. The van der Waals surface area contributed by atoms with Crippen molar-refractivity contribution in [2.45, 2.75) is 24.3 Å². The molecule has 0 radical (unpaired) electrons. The number of aryl methyl sites for hydroxylation is 1. The standard InChI is InChI=1S/C19H16ClN3O3S/c1-3-11-7-16-13(9-14(11)20)12(8-17(24)26-16)10-27-19-22-21-18(23(19)2)15-5-4-6-25-15/h4-9H,3,10H2,1-2H3. The zero-order chi connectivity index (χ0) is 19.0. The van der Waals surface area contributed by atoms with Gasteiger partial charge in [-0.15, -0.1) is 10.2 Å². The van der Waals surface area contributed by atoms with Crippen LogP contribution in [0, 0.1) is 0 Å². The summed E-state index contributed by atoms with van der Waals surface area (Å²) in [5.74, 6) is 1.84. The number of rotatable bonds is 5. The summed E-state index contributed by atoms with van der Waals surface area (Å²) < 4.78 is 12.6. The van der Waals surface area contributed by atoms with E-state index in [1.54, 1.807) is 12.3 Å². The van der Waals surface area contributed by atoms with Crippen molar-refractivity contribution in [2.24, 2.45) is 7.05 Å². The number of furan rings is 1. The molecule has 3 heterocycles. The minimum Gasteiger partial charge on any atom is -0.461 e. The molecule has 138 valence electrons. The average Bonchev–Trinajstić information content (AvgIpc) is 3.29. The van der Waals surface area contributed by atoms with Gasteiger partial charge in [0.2, 0.25) is 0 Å². The topological polar surface area (TPSA) is 74.1 Å². The first kappa shape index (κ1) is 17.9. The normalized spacial score (nSPS) is 11.4. The summed E-state index contributed by atoms with van der Waals surface area (Å²) >= 11 is 7.84. The Kier molecular flexibility index (Phi) is 4.80. The van der Waals surface area contributed by atoms with Crippen LogP contribution in [0.4, 0.5) is 0 Å². The number of hydrogen-bond acceptors (Lipinski definition) is 6. The molecule has 0 saturated heterocycles. The Balaban J connectivity index is 1.66. The number of aromatic nitrogens is 3. The lowest BCUT2D eigenvalue weighted by atomic mass is 10.1. The summed E-state index contributed by atoms with van der Waals surface area (Å²) in [6, 6.07) is 8.84. The monoisotopic (exact) mass is 401 g/mol. The first-order valence-electron chi connectivity index (χ1n) is 8.38. The molecule has 0 spiro atoms. The third-order valence-electron chi connectivity index (χ3n) is 4.31. The summed E-state index contributed by atoms with van der Waals surface area (Å²) in [4.78, 5) is 12.0. The molecule has 0 aliphatic carbocycles. The molecule has 0 bridgehead atoms. The predicted molar refractivity (Wildman–Crippen MR) is 105 cm³/mol. The second-order valence-corrected chi connectivity index (χ2v) is 7.36. The van der Waals surface area contributed by atoms with Crippen LogP contribution >= 0.6 is 23.4 Å². The Morgan fingerprint density at radius 1 is 1.22 bits per heavy atom. The molecule has 0 saturated carbocycles. The average molecular weight is 402 g/mol. The highest BCUT2D eigenvalue weighted by Gasteiger charge is 2.15. The molecule has 4 aromatic rings. The fourth-order valence-electron chi connectivity index (χ4n) is 2.88. The molecule has 8 heteroatoms. The van der Waals surface area contributed by atoms with Gasteiger partial charge in [0.1, 0.15) is 5.58 Å². The summed E-state index contributed by atoms with van der Waals surface area (Å²) in [6.07, 6.45) is 2.37. The van der Waals surface area contributed by atoms with Gasteiger partial charge in [-0.3, -0.25) is 0 Å². The molecule has 0 amide bonds. The molecule has 0 aliphatic heterocycles. The molecule has 27 heavy (non-hydrogen) atoms. The molecular formula is C19H16ClN3O3S. The number of fused-ring (bicyclic) bond motifs is 1. The van der Waals surface area contributed by atoms with Crippen LogP contribution in [0.3, 0.4) is 0 Å². The number of thioether (sulfide) groups is 1. The molecule has 0 N–H and O–H groups in total. The Morgan fingerprint density at radius 2 is 2.07 bits per heavy atom. The van der Waals surface area contributed by atoms with Gasteiger partial charge in [0.25, 0.3) is 0 Å². The van der Waals surface area contributed by atoms with Crippen molar-refractivity contribution in [3.8, 4) is 11.6 Å². The zero-order valence-corrected chi connectivity index (χ0v) is 16.3. The number of halogens is 1. The lowest BCUT2D eigenvalue weighted by Gasteiger charge is -2.08. The van der Waals surface area contributed by atoms with Gasteiger partial charge in [-0.2, -0.15) is 0 Å². The van der Waals surface area contributed by atoms with Crippen molar-refractivity contribution in [1.29, 1.82) is 0 Å². The largest absolute Gasteiger partial charge is 0.461 e. The second kappa shape index (κ2) is 7.25. The van der Waals surface area contributed by atoms with E-state index in [9.17, 15) is 4.79 Å². The highest BCUT2D eigenvalue weighted by Crippen LogP contribution is 2.30. The molecular weight excluding hydrogens is 386 g/mol. The number of hydrogen-bond donors (Lipinski definition) is 0. The Labute approximate surface area is 164 Å². The summed E-state index contributed by atoms with van der Waals surface area (Å²) in [7, 11) is 1.88. The molecule has 1 aromatic carbocycles. The zero-order valence-electron chi connectivity index (χ0n) is 14.7. The van der Waals surface area contributed by atoms with Crippen molar-refractivity contribution in [1.82, 2.24) is 14.8 Å². The highest BCUT2D eigenvalue weighted by molar-refractivity contribution is 7.98. The fourth-order valence-corrected chi connectivity index (χ4v) is 4.08. The van der Waals surface area contributed by atoms with E-state index in [0.29, 0.717) is 27.9 Å². The van der Waals surface area contributed by atoms with Crippen LogP contribution in [0.15, 0.2) is 55.4 Å². The van der Waals surface area contributed by atoms with Crippen LogP contribution in [-0.2, 0) is 19.2 Å². The number of benzene rings is 1. The molecule has 4 rings (SSSR count). The predicted octanol–water partition coefficient (Wildman–Crippen LogP) is 4.69. The minimum atomic E-state index is -0.378. The van der Waals surface area contributed by atoms with Crippen molar-refractivity contribution in [2.75, 3.05) is 0 Å². The highest BCUT2D eigenvalue weighted by atomic mass is 35.5. The quantitative estimate of drug-likeness (QED) is 0.357. The van der Waals surface area contributed by atoms with Gasteiger partial charge in [0, 0.05) is 29.3 Å². The van der Waals surface area contributed by atoms with Crippen LogP contribution in [-0.4, -0.2) is 14.8 Å². The van der Waals surface area contributed by atoms with E-state index >= 15 is 0 Å². The van der Waals surface area contributed by atoms with E-state index < -0.39 is 0 Å². The molecule has 6 nitrogen and oxygen atoms in total. The van der Waals surface area contributed by atoms with E-state index in [1.807, 2.05) is 36.7 Å². The van der Waals surface area contributed by atoms with Gasteiger partial charge < -0.3 is 13.4 Å². The first-order valence-corrected chi connectivity index (χ1v) is 9.74. The van der Waals surface area contributed by atoms with Gasteiger partial charge in [0.05, 0.1) is 6.26 Å². The van der Waals surface area contributed by atoms with Crippen LogP contribution in [0.5, 0.6) is 0 Å². The third-order valence-corrected chi connectivity index (χ3v) is 5.73. The Hall–Kier alpha value is -2.51. The molecule has 0 unspecified atom stereocenters. The second-order valence-electron chi connectivity index (χ2n) is 6.02. The molecule has 3 aromatic heterocycles. The van der Waals surface area contributed by atoms with Gasteiger partial charge in [-0.05, 0) is 41.8 Å². The van der Waals surface area contributed by atoms with Gasteiger partial charge in [-0.1, -0.05) is 30.3 Å². The molecule has 0 fully saturated rings. The summed E-state index contributed by atoms with van der Waals surface area (Å²) in [5, 5.41) is 10.6. The first-order chi connectivity index (χ1) is 13.1. The lowest BCUT2D eigenvalue weighted by Crippen LogP contribution is -2.01. The van der Waals surface area contributed by atoms with Crippen LogP contribution in [0.1, 0.15) is 18.1 Å². The van der Waals surface area contributed by atoms with Gasteiger partial charge in [-0.25, -0.2) is 4.79 Å². The summed E-state index contributed by atoms with van der Waals surface area (Å²) in [5.41, 5.74) is 1.97.